The fourth-order valence-corrected chi connectivity index (χ4v) is 3.60. The second kappa shape index (κ2) is 5.58. The van der Waals surface area contributed by atoms with Crippen LogP contribution in [0.3, 0.4) is 0 Å². The molecule has 112 valence electrons. The summed E-state index contributed by atoms with van der Waals surface area (Å²) in [5, 5.41) is 0. The lowest BCUT2D eigenvalue weighted by molar-refractivity contribution is 0.0609. The molecule has 2 saturated heterocycles. The lowest BCUT2D eigenvalue weighted by Crippen LogP contribution is -2.49. The summed E-state index contributed by atoms with van der Waals surface area (Å²) < 4.78 is 0. The molecule has 22 heavy (non-hydrogen) atoms. The SMILES string of the molecule is O=C(c1cccc(-c2ccccc2)c1)N1CCN2CCC1C2. The molecule has 0 aromatic heterocycles. The molecule has 0 radical (unpaired) electrons. The van der Waals surface area contributed by atoms with Crippen molar-refractivity contribution in [1.82, 2.24) is 9.80 Å². The molecular weight excluding hydrogens is 272 g/mol. The monoisotopic (exact) mass is 292 g/mol. The van der Waals surface area contributed by atoms with E-state index in [1.807, 2.05) is 36.4 Å². The van der Waals surface area contributed by atoms with Crippen molar-refractivity contribution >= 4 is 5.91 Å². The van der Waals surface area contributed by atoms with E-state index in [4.69, 9.17) is 0 Å². The van der Waals surface area contributed by atoms with E-state index >= 15 is 0 Å². The molecule has 0 saturated carbocycles. The van der Waals surface area contributed by atoms with Crippen molar-refractivity contribution in [2.45, 2.75) is 12.5 Å². The van der Waals surface area contributed by atoms with Crippen molar-refractivity contribution in [1.29, 1.82) is 0 Å². The van der Waals surface area contributed by atoms with Crippen LogP contribution in [0.2, 0.25) is 0 Å². The largest absolute Gasteiger partial charge is 0.333 e. The minimum absolute atomic E-state index is 0.185. The molecule has 2 heterocycles. The molecule has 1 amide bonds. The number of carbonyl (C=O) groups excluding carboxylic acids is 1. The zero-order valence-electron chi connectivity index (χ0n) is 12.6. The molecule has 0 aliphatic carbocycles. The number of rotatable bonds is 2. The third-order valence-electron chi connectivity index (χ3n) is 4.82. The first-order valence-electron chi connectivity index (χ1n) is 8.00. The van der Waals surface area contributed by atoms with Gasteiger partial charge in [-0.3, -0.25) is 9.69 Å². The average molecular weight is 292 g/mol. The molecule has 2 fully saturated rings. The zero-order chi connectivity index (χ0) is 14.9. The fraction of sp³-hybridized carbons (Fsp3) is 0.316. The normalized spacial score (nSPS) is 23.5. The van der Waals surface area contributed by atoms with Crippen LogP contribution in [0.5, 0.6) is 0 Å². The predicted molar refractivity (Wildman–Crippen MR) is 87.8 cm³/mol. The van der Waals surface area contributed by atoms with E-state index in [-0.39, 0.29) is 5.91 Å². The van der Waals surface area contributed by atoms with Gasteiger partial charge >= 0.3 is 0 Å². The van der Waals surface area contributed by atoms with Crippen LogP contribution >= 0.6 is 0 Å². The third kappa shape index (κ3) is 2.42. The van der Waals surface area contributed by atoms with E-state index in [1.165, 1.54) is 0 Å². The minimum Gasteiger partial charge on any atom is -0.333 e. The molecule has 3 nitrogen and oxygen atoms in total. The van der Waals surface area contributed by atoms with Crippen LogP contribution < -0.4 is 0 Å². The Hall–Kier alpha value is -2.13. The van der Waals surface area contributed by atoms with Crippen LogP contribution in [0.15, 0.2) is 54.6 Å². The minimum atomic E-state index is 0.185. The maximum atomic E-state index is 12.9. The Bertz CT molecular complexity index is 683. The van der Waals surface area contributed by atoms with E-state index in [9.17, 15) is 4.79 Å². The fourth-order valence-electron chi connectivity index (χ4n) is 3.60. The Morgan fingerprint density at radius 2 is 1.73 bits per heavy atom. The van der Waals surface area contributed by atoms with Gasteiger partial charge in [-0.2, -0.15) is 0 Å². The topological polar surface area (TPSA) is 23.6 Å². The summed E-state index contributed by atoms with van der Waals surface area (Å²) in [5.74, 6) is 0.185. The van der Waals surface area contributed by atoms with Crippen LogP contribution in [-0.2, 0) is 0 Å². The summed E-state index contributed by atoms with van der Waals surface area (Å²) in [6.07, 6.45) is 1.12. The Labute approximate surface area is 131 Å². The highest BCUT2D eigenvalue weighted by Crippen LogP contribution is 2.25. The summed E-state index contributed by atoms with van der Waals surface area (Å²) in [5.41, 5.74) is 3.07. The van der Waals surface area contributed by atoms with Gasteiger partial charge in [0.25, 0.3) is 5.91 Å². The summed E-state index contributed by atoms with van der Waals surface area (Å²) in [6, 6.07) is 18.7. The Morgan fingerprint density at radius 3 is 2.59 bits per heavy atom. The standard InChI is InChI=1S/C19H20N2O/c22-19(21-12-11-20-10-9-18(21)14-20)17-8-4-7-16(13-17)15-5-2-1-3-6-15/h1-8,13,18H,9-12,14H2. The Morgan fingerprint density at radius 1 is 0.909 bits per heavy atom. The number of hydrogen-bond acceptors (Lipinski definition) is 2. The van der Waals surface area contributed by atoms with Gasteiger partial charge in [-0.25, -0.2) is 0 Å². The van der Waals surface area contributed by atoms with E-state index in [2.05, 4.69) is 28.0 Å². The Kier molecular flexibility index (Phi) is 3.43. The number of benzene rings is 2. The number of hydrogen-bond donors (Lipinski definition) is 0. The maximum Gasteiger partial charge on any atom is 0.254 e. The van der Waals surface area contributed by atoms with E-state index in [0.717, 1.165) is 49.3 Å². The van der Waals surface area contributed by atoms with Crippen molar-refractivity contribution in [3.8, 4) is 11.1 Å². The molecular formula is C19H20N2O. The van der Waals surface area contributed by atoms with Gasteiger partial charge in [-0.05, 0) is 29.7 Å². The van der Waals surface area contributed by atoms with Gasteiger partial charge in [-0.1, -0.05) is 42.5 Å². The highest BCUT2D eigenvalue weighted by atomic mass is 16.2. The maximum absolute atomic E-state index is 12.9. The van der Waals surface area contributed by atoms with Crippen LogP contribution in [0.4, 0.5) is 0 Å². The van der Waals surface area contributed by atoms with Gasteiger partial charge in [0.05, 0.1) is 0 Å². The summed E-state index contributed by atoms with van der Waals surface area (Å²) >= 11 is 0. The first kappa shape index (κ1) is 13.5. The lowest BCUT2D eigenvalue weighted by atomic mass is 10.0. The summed E-state index contributed by atoms with van der Waals surface area (Å²) in [4.78, 5) is 17.4. The van der Waals surface area contributed by atoms with Crippen molar-refractivity contribution in [3.05, 3.63) is 60.2 Å². The molecule has 4 rings (SSSR count). The molecule has 2 bridgehead atoms. The Balaban J connectivity index is 1.61. The molecule has 0 N–H and O–H groups in total. The molecule has 0 spiro atoms. The second-order valence-corrected chi connectivity index (χ2v) is 6.19. The van der Waals surface area contributed by atoms with Gasteiger partial charge in [-0.15, -0.1) is 0 Å². The smallest absolute Gasteiger partial charge is 0.254 e. The van der Waals surface area contributed by atoms with Crippen LogP contribution in [0.1, 0.15) is 16.8 Å². The average Bonchev–Trinajstić information content (AvgIpc) is 2.96. The molecule has 2 aliphatic heterocycles. The van der Waals surface area contributed by atoms with Crippen LogP contribution in [-0.4, -0.2) is 47.9 Å². The van der Waals surface area contributed by atoms with Crippen molar-refractivity contribution in [2.24, 2.45) is 0 Å². The van der Waals surface area contributed by atoms with E-state index < -0.39 is 0 Å². The van der Waals surface area contributed by atoms with Crippen molar-refractivity contribution in [3.63, 3.8) is 0 Å². The summed E-state index contributed by atoms with van der Waals surface area (Å²) in [7, 11) is 0. The molecule has 2 aromatic rings. The number of carbonyl (C=O) groups is 1. The van der Waals surface area contributed by atoms with Gasteiger partial charge in [0.2, 0.25) is 0 Å². The quantitative estimate of drug-likeness (QED) is 0.850. The predicted octanol–water partition coefficient (Wildman–Crippen LogP) is 2.88. The molecule has 2 aliphatic rings. The van der Waals surface area contributed by atoms with Crippen molar-refractivity contribution < 1.29 is 4.79 Å². The van der Waals surface area contributed by atoms with Gasteiger partial charge in [0.15, 0.2) is 0 Å². The number of nitrogens with zero attached hydrogens (tertiary/aromatic N) is 2. The van der Waals surface area contributed by atoms with Crippen LogP contribution in [0.25, 0.3) is 11.1 Å². The summed E-state index contributed by atoms with van der Waals surface area (Å²) in [6.45, 7) is 4.06. The van der Waals surface area contributed by atoms with Crippen LogP contribution in [0, 0.1) is 0 Å². The van der Waals surface area contributed by atoms with E-state index in [1.54, 1.807) is 0 Å². The first-order valence-corrected chi connectivity index (χ1v) is 8.00. The zero-order valence-corrected chi connectivity index (χ0v) is 12.6. The van der Waals surface area contributed by atoms with Crippen molar-refractivity contribution in [2.75, 3.05) is 26.2 Å². The molecule has 2 atom stereocenters. The first-order chi connectivity index (χ1) is 10.8. The molecule has 2 aromatic carbocycles. The van der Waals surface area contributed by atoms with Gasteiger partial charge in [0, 0.05) is 37.8 Å². The number of fused-ring (bicyclic) bond motifs is 2. The second-order valence-electron chi connectivity index (χ2n) is 6.19. The third-order valence-corrected chi connectivity index (χ3v) is 4.82. The molecule has 2 unspecified atom stereocenters. The van der Waals surface area contributed by atoms with Gasteiger partial charge in [0.1, 0.15) is 0 Å². The highest BCUT2D eigenvalue weighted by molar-refractivity contribution is 5.95. The highest BCUT2D eigenvalue weighted by Gasteiger charge is 2.35. The number of piperazine rings is 1. The van der Waals surface area contributed by atoms with Gasteiger partial charge < -0.3 is 4.90 Å². The van der Waals surface area contributed by atoms with E-state index in [0.29, 0.717) is 6.04 Å². The lowest BCUT2D eigenvalue weighted by Gasteiger charge is -2.34. The molecule has 3 heteroatoms. The number of amides is 1.